The van der Waals surface area contributed by atoms with Gasteiger partial charge in [-0.1, -0.05) is 25.3 Å². The molecule has 1 heterocycles. The molecule has 2 N–H and O–H groups in total. The first-order valence-corrected chi connectivity index (χ1v) is 13.4. The van der Waals surface area contributed by atoms with Gasteiger partial charge in [0.25, 0.3) is 0 Å². The maximum atomic E-state index is 14.1. The topological polar surface area (TPSA) is 62.8 Å². The van der Waals surface area contributed by atoms with Crippen LogP contribution >= 0.6 is 0 Å². The summed E-state index contributed by atoms with van der Waals surface area (Å²) in [5.74, 6) is 0.203. The second-order valence-electron chi connectivity index (χ2n) is 10.7. The quantitative estimate of drug-likeness (QED) is 0.497. The van der Waals surface area contributed by atoms with Crippen molar-refractivity contribution in [2.24, 2.45) is 0 Å². The number of amides is 2. The van der Waals surface area contributed by atoms with Crippen LogP contribution in [0.5, 0.6) is 11.5 Å². The molecule has 3 atom stereocenters. The molecule has 2 aromatic carbocycles. The van der Waals surface area contributed by atoms with E-state index < -0.39 is 17.7 Å². The van der Waals surface area contributed by atoms with Crippen molar-refractivity contribution in [1.82, 2.24) is 10.2 Å². The minimum absolute atomic E-state index is 0.0275. The lowest BCUT2D eigenvalue weighted by atomic mass is 9.64. The van der Waals surface area contributed by atoms with Crippen LogP contribution in [0.2, 0.25) is 0 Å². The fourth-order valence-corrected chi connectivity index (χ4v) is 6.99. The molecular formula is C29H37F2N3O3. The van der Waals surface area contributed by atoms with Gasteiger partial charge in [0.2, 0.25) is 0 Å². The average molecular weight is 514 g/mol. The second-order valence-corrected chi connectivity index (χ2v) is 10.7. The molecule has 1 aliphatic heterocycles. The Morgan fingerprint density at radius 3 is 2.51 bits per heavy atom. The normalized spacial score (nSPS) is 26.4. The van der Waals surface area contributed by atoms with E-state index in [0.29, 0.717) is 6.04 Å². The van der Waals surface area contributed by atoms with Gasteiger partial charge in [0.1, 0.15) is 11.6 Å². The lowest BCUT2D eigenvalue weighted by Gasteiger charge is -2.47. The molecule has 2 amide bonds. The number of hydrogen-bond donors (Lipinski definition) is 2. The summed E-state index contributed by atoms with van der Waals surface area (Å²) in [4.78, 5) is 15.5. The molecule has 0 spiro atoms. The molecule has 8 heteroatoms. The van der Waals surface area contributed by atoms with E-state index in [2.05, 4.69) is 27.7 Å². The number of rotatable bonds is 6. The van der Waals surface area contributed by atoms with Gasteiger partial charge in [-0.2, -0.15) is 0 Å². The molecule has 2 saturated carbocycles. The van der Waals surface area contributed by atoms with Crippen molar-refractivity contribution < 1.29 is 23.0 Å². The minimum atomic E-state index is -0.660. The molecule has 0 aromatic heterocycles. The summed E-state index contributed by atoms with van der Waals surface area (Å²) in [7, 11) is 3.32. The zero-order chi connectivity index (χ0) is 26.0. The number of benzene rings is 2. The fraction of sp³-hybridized carbons (Fsp3) is 0.552. The van der Waals surface area contributed by atoms with E-state index >= 15 is 0 Å². The summed E-state index contributed by atoms with van der Waals surface area (Å²) >= 11 is 0. The van der Waals surface area contributed by atoms with E-state index in [9.17, 15) is 13.6 Å². The summed E-state index contributed by atoms with van der Waals surface area (Å²) in [6.45, 7) is 1.04. The number of fused-ring (bicyclic) bond motifs is 1. The highest BCUT2D eigenvalue weighted by Gasteiger charge is 2.53. The van der Waals surface area contributed by atoms with Gasteiger partial charge in [-0.15, -0.1) is 0 Å². The number of anilines is 1. The zero-order valence-electron chi connectivity index (χ0n) is 21.7. The van der Waals surface area contributed by atoms with Gasteiger partial charge in [-0.25, -0.2) is 13.6 Å². The monoisotopic (exact) mass is 513 g/mol. The largest absolute Gasteiger partial charge is 0.493 e. The van der Waals surface area contributed by atoms with Crippen molar-refractivity contribution in [3.63, 3.8) is 0 Å². The lowest BCUT2D eigenvalue weighted by molar-refractivity contribution is 0.0825. The third kappa shape index (κ3) is 5.13. The fourth-order valence-electron chi connectivity index (χ4n) is 6.99. The number of carbonyl (C=O) groups is 1. The zero-order valence-corrected chi connectivity index (χ0v) is 21.7. The molecule has 1 saturated heterocycles. The molecule has 3 aliphatic rings. The van der Waals surface area contributed by atoms with Crippen LogP contribution in [0.4, 0.5) is 19.3 Å². The highest BCUT2D eigenvalue weighted by atomic mass is 19.1. The molecule has 0 unspecified atom stereocenters. The molecule has 3 fully saturated rings. The first-order valence-electron chi connectivity index (χ1n) is 13.4. The van der Waals surface area contributed by atoms with E-state index in [-0.39, 0.29) is 23.2 Å². The molecule has 6 nitrogen and oxygen atoms in total. The Kier molecular flexibility index (Phi) is 7.56. The standard InChI is InChI=1S/C29H37F2N3O3/c1-36-25-11-8-19(16-26(25)37-2)29-13-12-21(32-28(35)33-24-17-20(30)9-10-23(24)31)18-27(29)34(15-14-29)22-6-4-3-5-7-22/h8-11,16-17,21-22,27H,3-7,12-15,18H2,1-2H3,(H2,32,33,35)/t21-,27+,29+/m1/s1. The van der Waals surface area contributed by atoms with Crippen LogP contribution in [0.25, 0.3) is 0 Å². The van der Waals surface area contributed by atoms with Crippen LogP contribution in [-0.4, -0.2) is 49.8 Å². The van der Waals surface area contributed by atoms with Crippen LogP contribution in [0.3, 0.4) is 0 Å². The van der Waals surface area contributed by atoms with E-state index in [0.717, 1.165) is 61.9 Å². The summed E-state index contributed by atoms with van der Waals surface area (Å²) in [6.07, 6.45) is 9.88. The van der Waals surface area contributed by atoms with E-state index in [1.807, 2.05) is 6.07 Å². The lowest BCUT2D eigenvalue weighted by Crippen LogP contribution is -2.55. The third-order valence-corrected chi connectivity index (χ3v) is 8.81. The predicted octanol–water partition coefficient (Wildman–Crippen LogP) is 6.00. The Balaban J connectivity index is 1.38. The van der Waals surface area contributed by atoms with Gasteiger partial charge in [0.15, 0.2) is 11.5 Å². The predicted molar refractivity (Wildman–Crippen MR) is 139 cm³/mol. The van der Waals surface area contributed by atoms with Crippen molar-refractivity contribution >= 4 is 11.7 Å². The SMILES string of the molecule is COc1ccc([C@@]23CC[C@@H](NC(=O)Nc4cc(F)ccc4F)C[C@@H]2N(C2CCCCC2)CC3)cc1OC. The number of halogens is 2. The van der Waals surface area contributed by atoms with Crippen LogP contribution in [-0.2, 0) is 5.41 Å². The highest BCUT2D eigenvalue weighted by molar-refractivity contribution is 5.89. The van der Waals surface area contributed by atoms with Gasteiger partial charge >= 0.3 is 6.03 Å². The smallest absolute Gasteiger partial charge is 0.319 e. The molecule has 2 aromatic rings. The maximum absolute atomic E-state index is 14.1. The van der Waals surface area contributed by atoms with E-state index in [1.165, 1.54) is 37.7 Å². The minimum Gasteiger partial charge on any atom is -0.493 e. The second kappa shape index (κ2) is 10.9. The number of ether oxygens (including phenoxy) is 2. The van der Waals surface area contributed by atoms with Crippen LogP contribution in [0, 0.1) is 11.6 Å². The number of methoxy groups -OCH3 is 2. The summed E-state index contributed by atoms with van der Waals surface area (Å²) in [5.41, 5.74) is 1.08. The molecular weight excluding hydrogens is 476 g/mol. The third-order valence-electron chi connectivity index (χ3n) is 8.81. The molecule has 37 heavy (non-hydrogen) atoms. The molecule has 0 bridgehead atoms. The number of nitrogens with zero attached hydrogens (tertiary/aromatic N) is 1. The average Bonchev–Trinajstić information content (AvgIpc) is 3.30. The van der Waals surface area contributed by atoms with Crippen molar-refractivity contribution in [1.29, 1.82) is 0 Å². The number of nitrogens with one attached hydrogen (secondary N) is 2. The number of hydrogen-bond acceptors (Lipinski definition) is 4. The maximum Gasteiger partial charge on any atom is 0.319 e. The Hall–Kier alpha value is -2.87. The summed E-state index contributed by atoms with van der Waals surface area (Å²) in [6, 6.07) is 9.63. The van der Waals surface area contributed by atoms with Crippen molar-refractivity contribution in [2.45, 2.75) is 81.3 Å². The molecule has 0 radical (unpaired) electrons. The summed E-state index contributed by atoms with van der Waals surface area (Å²) < 4.78 is 38.8. The van der Waals surface area contributed by atoms with Gasteiger partial charge in [-0.3, -0.25) is 4.90 Å². The van der Waals surface area contributed by atoms with Gasteiger partial charge in [-0.05, 0) is 74.9 Å². The Bertz CT molecular complexity index is 1120. The molecule has 5 rings (SSSR count). The first kappa shape index (κ1) is 25.8. The van der Waals surface area contributed by atoms with Crippen LogP contribution in [0.15, 0.2) is 36.4 Å². The van der Waals surface area contributed by atoms with Crippen molar-refractivity contribution in [2.75, 3.05) is 26.1 Å². The van der Waals surface area contributed by atoms with E-state index in [4.69, 9.17) is 9.47 Å². The molecule has 2 aliphatic carbocycles. The van der Waals surface area contributed by atoms with Crippen molar-refractivity contribution in [3.8, 4) is 11.5 Å². The number of likely N-dealkylation sites (tertiary alicyclic amines) is 1. The highest BCUT2D eigenvalue weighted by Crippen LogP contribution is 2.51. The Morgan fingerprint density at radius 2 is 1.76 bits per heavy atom. The van der Waals surface area contributed by atoms with Gasteiger partial charge in [0.05, 0.1) is 19.9 Å². The van der Waals surface area contributed by atoms with Crippen LogP contribution in [0.1, 0.15) is 63.4 Å². The summed E-state index contributed by atoms with van der Waals surface area (Å²) in [5, 5.41) is 5.54. The van der Waals surface area contributed by atoms with Gasteiger partial charge < -0.3 is 20.1 Å². The Morgan fingerprint density at radius 1 is 0.973 bits per heavy atom. The number of carbonyl (C=O) groups excluding carboxylic acids is 1. The Labute approximate surface area is 217 Å². The van der Waals surface area contributed by atoms with Crippen molar-refractivity contribution in [3.05, 3.63) is 53.6 Å². The van der Waals surface area contributed by atoms with Crippen LogP contribution < -0.4 is 20.1 Å². The molecule has 200 valence electrons. The first-order chi connectivity index (χ1) is 17.9. The number of urea groups is 1. The van der Waals surface area contributed by atoms with Gasteiger partial charge in [0, 0.05) is 29.6 Å². The van der Waals surface area contributed by atoms with E-state index in [1.54, 1.807) is 14.2 Å².